The van der Waals surface area contributed by atoms with Crippen LogP contribution in [-0.4, -0.2) is 6.29 Å². The van der Waals surface area contributed by atoms with Crippen LogP contribution in [0.25, 0.3) is 0 Å². The molecule has 0 saturated carbocycles. The second-order valence-corrected chi connectivity index (χ2v) is 0.955. The average molecular weight is 231 g/mol. The van der Waals surface area contributed by atoms with E-state index in [4.69, 9.17) is 0 Å². The minimum atomic E-state index is 0. The molecular weight excluding hydrogens is 223 g/mol. The maximum atomic E-state index is 9.40. The Labute approximate surface area is 68.9 Å². The molecule has 0 unspecified atom stereocenters. The predicted molar refractivity (Wildman–Crippen MR) is 21.0 cm³/mol. The molecule has 0 aromatic rings. The molecule has 0 heterocycles. The van der Waals surface area contributed by atoms with Crippen molar-refractivity contribution >= 4 is 6.29 Å². The van der Waals surface area contributed by atoms with E-state index in [0.29, 0.717) is 6.42 Å². The van der Waals surface area contributed by atoms with E-state index in [-0.39, 0.29) is 38.6 Å². The fourth-order valence-electron chi connectivity index (χ4n) is 0.118. The van der Waals surface area contributed by atoms with E-state index in [0.717, 1.165) is 12.7 Å². The summed E-state index contributed by atoms with van der Waals surface area (Å²) in [4.78, 5) is 9.40. The minimum absolute atomic E-state index is 0. The number of aldehydes is 1. The van der Waals surface area contributed by atoms with Gasteiger partial charge in [0, 0.05) is 45.0 Å². The summed E-state index contributed by atoms with van der Waals surface area (Å²) in [5.74, 6) is 0. The Morgan fingerprint density at radius 2 is 2.17 bits per heavy atom. The van der Waals surface area contributed by atoms with Crippen molar-refractivity contribution in [1.82, 2.24) is 0 Å². The Bertz CT molecular complexity index is 28.7. The molecule has 1 nitrogen and oxygen atoms in total. The van der Waals surface area contributed by atoms with Crippen LogP contribution in [0.3, 0.4) is 0 Å². The molecule has 0 aliphatic heterocycles. The first kappa shape index (κ1) is 10.0. The molecule has 0 bridgehead atoms. The first-order valence-electron chi connectivity index (χ1n) is 1.85. The van der Waals surface area contributed by atoms with Gasteiger partial charge < -0.3 is 4.79 Å². The summed E-state index contributed by atoms with van der Waals surface area (Å²) in [6, 6.07) is 0. The zero-order valence-corrected chi connectivity index (χ0v) is 5.87. The summed E-state index contributed by atoms with van der Waals surface area (Å²) in [7, 11) is 0. The molecule has 6 heavy (non-hydrogen) atoms. The van der Waals surface area contributed by atoms with Crippen LogP contribution in [0.1, 0.15) is 19.8 Å². The summed E-state index contributed by atoms with van der Waals surface area (Å²) >= 11 is 0. The molecule has 39 valence electrons. The summed E-state index contributed by atoms with van der Waals surface area (Å²) in [5.41, 5.74) is 0. The smallest absolute Gasteiger partial charge is 0.119 e. The fraction of sp³-hybridized carbons (Fsp3) is 0.750. The maximum Gasteiger partial charge on any atom is 0.119 e. The van der Waals surface area contributed by atoms with Crippen LogP contribution in [-0.2, 0) is 4.79 Å². The van der Waals surface area contributed by atoms with Crippen LogP contribution in [0.4, 0.5) is 0 Å². The van der Waals surface area contributed by atoms with Crippen LogP contribution in [0, 0.1) is 38.6 Å². The van der Waals surface area contributed by atoms with Crippen molar-refractivity contribution in [3.63, 3.8) is 0 Å². The summed E-state index contributed by atoms with van der Waals surface area (Å²) in [5, 5.41) is 0. The molecule has 2 heteroatoms. The Morgan fingerprint density at radius 3 is 2.17 bits per heavy atom. The van der Waals surface area contributed by atoms with Gasteiger partial charge in [-0.2, -0.15) is 0 Å². The van der Waals surface area contributed by atoms with E-state index in [1.165, 1.54) is 0 Å². The molecule has 0 saturated heterocycles. The van der Waals surface area contributed by atoms with E-state index >= 15 is 0 Å². The van der Waals surface area contributed by atoms with Crippen LogP contribution in [0.15, 0.2) is 0 Å². The summed E-state index contributed by atoms with van der Waals surface area (Å²) < 4.78 is 0. The fourth-order valence-corrected chi connectivity index (χ4v) is 0.118. The number of unbranched alkanes of at least 4 members (excludes halogenated alkanes) is 1. The standard InChI is InChI=1S/C4H8O.Tb/c1-2-3-4-5;/h4H,2-3H2,1H3;. The van der Waals surface area contributed by atoms with Gasteiger partial charge in [-0.25, -0.2) is 0 Å². The molecule has 1 radical (unpaired) electrons. The molecule has 0 aliphatic rings. The number of rotatable bonds is 2. The normalized spacial score (nSPS) is 6.17. The number of hydrogen-bond acceptors (Lipinski definition) is 1. The SMILES string of the molecule is CCCC=O.[Tb]. The topological polar surface area (TPSA) is 17.1 Å². The molecule has 0 aliphatic carbocycles. The van der Waals surface area contributed by atoms with E-state index in [9.17, 15) is 4.79 Å². The molecule has 0 aromatic carbocycles. The number of hydrogen-bond donors (Lipinski definition) is 0. The molecule has 0 atom stereocenters. The molecule has 0 fully saturated rings. The van der Waals surface area contributed by atoms with Gasteiger partial charge >= 0.3 is 0 Å². The third kappa shape index (κ3) is 8.88. The third-order valence-corrected chi connectivity index (χ3v) is 0.407. The van der Waals surface area contributed by atoms with E-state index in [1.54, 1.807) is 0 Å². The maximum absolute atomic E-state index is 9.40. The summed E-state index contributed by atoms with van der Waals surface area (Å²) in [6.07, 6.45) is 2.61. The second-order valence-electron chi connectivity index (χ2n) is 0.955. The Balaban J connectivity index is 0. The molecule has 0 N–H and O–H groups in total. The van der Waals surface area contributed by atoms with E-state index in [2.05, 4.69) is 0 Å². The van der Waals surface area contributed by atoms with Crippen LogP contribution in [0.5, 0.6) is 0 Å². The second kappa shape index (κ2) is 9.35. The van der Waals surface area contributed by atoms with Gasteiger partial charge in [0.25, 0.3) is 0 Å². The van der Waals surface area contributed by atoms with Gasteiger partial charge in [-0.05, 0) is 6.42 Å². The van der Waals surface area contributed by atoms with Gasteiger partial charge in [-0.3, -0.25) is 0 Å². The quantitative estimate of drug-likeness (QED) is 0.647. The van der Waals surface area contributed by atoms with Crippen molar-refractivity contribution in [2.75, 3.05) is 0 Å². The van der Waals surface area contributed by atoms with Crippen LogP contribution < -0.4 is 0 Å². The van der Waals surface area contributed by atoms with Crippen LogP contribution in [0.2, 0.25) is 0 Å². The largest absolute Gasteiger partial charge is 0.303 e. The zero-order chi connectivity index (χ0) is 4.12. The molecule has 0 amide bonds. The van der Waals surface area contributed by atoms with Crippen molar-refractivity contribution in [3.8, 4) is 0 Å². The van der Waals surface area contributed by atoms with Crippen molar-refractivity contribution in [2.45, 2.75) is 19.8 Å². The monoisotopic (exact) mass is 231 g/mol. The minimum Gasteiger partial charge on any atom is -0.303 e. The third-order valence-electron chi connectivity index (χ3n) is 0.407. The first-order valence-corrected chi connectivity index (χ1v) is 1.85. The molecule has 0 spiro atoms. The van der Waals surface area contributed by atoms with Gasteiger partial charge in [0.15, 0.2) is 0 Å². The molecular formula is C4H8OTb. The number of carbonyl (C=O) groups excluding carboxylic acids is 1. The first-order chi connectivity index (χ1) is 2.41. The zero-order valence-electron chi connectivity index (χ0n) is 3.73. The Kier molecular flexibility index (Phi) is 15.7. The van der Waals surface area contributed by atoms with Crippen molar-refractivity contribution in [3.05, 3.63) is 0 Å². The molecule has 0 rings (SSSR count). The Morgan fingerprint density at radius 1 is 1.67 bits per heavy atom. The van der Waals surface area contributed by atoms with Gasteiger partial charge in [0.2, 0.25) is 0 Å². The molecule has 0 aromatic heterocycles. The van der Waals surface area contributed by atoms with Gasteiger partial charge in [0.05, 0.1) is 0 Å². The van der Waals surface area contributed by atoms with Gasteiger partial charge in [0.1, 0.15) is 6.29 Å². The van der Waals surface area contributed by atoms with Crippen molar-refractivity contribution in [1.29, 1.82) is 0 Å². The average Bonchev–Trinajstić information content (AvgIpc) is 1.41. The van der Waals surface area contributed by atoms with Crippen molar-refractivity contribution in [2.24, 2.45) is 0 Å². The van der Waals surface area contributed by atoms with E-state index < -0.39 is 0 Å². The van der Waals surface area contributed by atoms with Gasteiger partial charge in [-0.1, -0.05) is 6.92 Å². The predicted octanol–water partition coefficient (Wildman–Crippen LogP) is 0.985. The van der Waals surface area contributed by atoms with Crippen LogP contribution >= 0.6 is 0 Å². The number of carbonyl (C=O) groups is 1. The summed E-state index contributed by atoms with van der Waals surface area (Å²) in [6.45, 7) is 1.98. The van der Waals surface area contributed by atoms with E-state index in [1.807, 2.05) is 6.92 Å². The van der Waals surface area contributed by atoms with Gasteiger partial charge in [-0.15, -0.1) is 0 Å². The van der Waals surface area contributed by atoms with Crippen molar-refractivity contribution < 1.29 is 43.4 Å². The Hall–Kier alpha value is 0.956.